The second-order valence-corrected chi connectivity index (χ2v) is 6.88. The van der Waals surface area contributed by atoms with E-state index in [1.165, 1.54) is 44.3 Å². The molecule has 5 heteroatoms. The fourth-order valence-corrected chi connectivity index (χ4v) is 4.45. The molecule has 1 aliphatic heterocycles. The van der Waals surface area contributed by atoms with Crippen LogP contribution in [0.15, 0.2) is 27.9 Å². The summed E-state index contributed by atoms with van der Waals surface area (Å²) in [6.07, 6.45) is 7.57. The lowest BCUT2D eigenvalue weighted by molar-refractivity contribution is 0.0777. The summed E-state index contributed by atoms with van der Waals surface area (Å²) in [7, 11) is -3.28. The van der Waals surface area contributed by atoms with E-state index in [1.54, 1.807) is 4.31 Å². The minimum Gasteiger partial charge on any atom is -0.471 e. The topological polar surface area (TPSA) is 50.5 Å². The van der Waals surface area contributed by atoms with Crippen molar-refractivity contribution in [3.05, 3.63) is 18.6 Å². The molecule has 2 fully saturated rings. The zero-order valence-electron chi connectivity index (χ0n) is 9.05. The summed E-state index contributed by atoms with van der Waals surface area (Å²) in [5, 5.41) is 0. The van der Waals surface area contributed by atoms with Crippen LogP contribution < -0.4 is 0 Å². The first-order valence-corrected chi connectivity index (χ1v) is 7.09. The zero-order valence-corrected chi connectivity index (χ0v) is 9.87. The predicted molar refractivity (Wildman–Crippen MR) is 58.4 cm³/mol. The Morgan fingerprint density at radius 2 is 1.94 bits per heavy atom. The second kappa shape index (κ2) is 3.34. The summed E-state index contributed by atoms with van der Waals surface area (Å²) < 4.78 is 30.6. The van der Waals surface area contributed by atoms with Crippen LogP contribution in [-0.2, 0) is 10.0 Å². The van der Waals surface area contributed by atoms with Gasteiger partial charge in [0.15, 0.2) is 0 Å². The molecule has 1 saturated carbocycles. The third-order valence-corrected chi connectivity index (χ3v) is 5.59. The van der Waals surface area contributed by atoms with E-state index in [9.17, 15) is 8.42 Å². The van der Waals surface area contributed by atoms with E-state index in [0.29, 0.717) is 18.5 Å². The largest absolute Gasteiger partial charge is 0.471 e. The number of hydrogen-bond donors (Lipinski definition) is 0. The second-order valence-electron chi connectivity index (χ2n) is 4.94. The Labute approximate surface area is 95.3 Å². The van der Waals surface area contributed by atoms with E-state index in [1.807, 2.05) is 0 Å². The summed E-state index contributed by atoms with van der Waals surface area (Å²) in [6, 6.07) is 1.51. The van der Waals surface area contributed by atoms with E-state index in [4.69, 9.17) is 4.42 Å². The molecule has 0 amide bonds. The fraction of sp³-hybridized carbons (Fsp3) is 0.636. The third kappa shape index (κ3) is 1.42. The van der Waals surface area contributed by atoms with Crippen molar-refractivity contribution in [3.63, 3.8) is 0 Å². The van der Waals surface area contributed by atoms with Gasteiger partial charge in [0.05, 0.1) is 6.26 Å². The predicted octanol–water partition coefficient (Wildman–Crippen LogP) is 1.84. The molecule has 3 rings (SSSR count). The summed E-state index contributed by atoms with van der Waals surface area (Å²) >= 11 is 0. The normalized spacial score (nSPS) is 24.8. The quantitative estimate of drug-likeness (QED) is 0.794. The smallest absolute Gasteiger partial charge is 0.246 e. The summed E-state index contributed by atoms with van der Waals surface area (Å²) in [4.78, 5) is 0.278. The number of hydrogen-bond acceptors (Lipinski definition) is 3. The van der Waals surface area contributed by atoms with Crippen molar-refractivity contribution < 1.29 is 12.8 Å². The van der Waals surface area contributed by atoms with Crippen LogP contribution in [0.1, 0.15) is 25.7 Å². The molecule has 1 aromatic rings. The molecule has 0 bridgehead atoms. The van der Waals surface area contributed by atoms with Crippen LogP contribution in [0.3, 0.4) is 0 Å². The van der Waals surface area contributed by atoms with E-state index in [-0.39, 0.29) is 4.90 Å². The van der Waals surface area contributed by atoms with Crippen molar-refractivity contribution in [2.75, 3.05) is 13.1 Å². The molecular formula is C11H15NO3S. The fourth-order valence-electron chi connectivity index (χ4n) is 2.86. The van der Waals surface area contributed by atoms with Crippen molar-refractivity contribution >= 4 is 10.0 Å². The Kier molecular flexibility index (Phi) is 2.16. The highest BCUT2D eigenvalue weighted by atomic mass is 32.2. The molecule has 0 unspecified atom stereocenters. The SMILES string of the molecule is O=S(=O)(c1ccoc1)N1CC2(CCCC2)C1. The Balaban J connectivity index is 1.77. The lowest BCUT2D eigenvalue weighted by atomic mass is 9.80. The van der Waals surface area contributed by atoms with Gasteiger partial charge in [-0.1, -0.05) is 12.8 Å². The maximum absolute atomic E-state index is 12.1. The minimum absolute atomic E-state index is 0.278. The van der Waals surface area contributed by atoms with Crippen LogP contribution >= 0.6 is 0 Å². The molecule has 1 saturated heterocycles. The molecule has 0 aromatic carbocycles. The summed E-state index contributed by atoms with van der Waals surface area (Å²) in [6.45, 7) is 1.39. The molecule has 0 atom stereocenters. The highest BCUT2D eigenvalue weighted by molar-refractivity contribution is 7.89. The van der Waals surface area contributed by atoms with Gasteiger partial charge in [0.2, 0.25) is 10.0 Å². The molecule has 4 nitrogen and oxygen atoms in total. The highest BCUT2D eigenvalue weighted by Gasteiger charge is 2.49. The molecular weight excluding hydrogens is 226 g/mol. The lowest BCUT2D eigenvalue weighted by Crippen LogP contribution is -2.56. The Morgan fingerprint density at radius 3 is 2.50 bits per heavy atom. The highest BCUT2D eigenvalue weighted by Crippen LogP contribution is 2.47. The van der Waals surface area contributed by atoms with Crippen molar-refractivity contribution in [1.29, 1.82) is 0 Å². The number of rotatable bonds is 2. The van der Waals surface area contributed by atoms with Crippen LogP contribution in [0.4, 0.5) is 0 Å². The average Bonchev–Trinajstić information content (AvgIpc) is 2.87. The van der Waals surface area contributed by atoms with Crippen molar-refractivity contribution in [2.45, 2.75) is 30.6 Å². The van der Waals surface area contributed by atoms with Gasteiger partial charge in [-0.3, -0.25) is 0 Å². The van der Waals surface area contributed by atoms with Crippen molar-refractivity contribution in [1.82, 2.24) is 4.31 Å². The minimum atomic E-state index is -3.28. The van der Waals surface area contributed by atoms with Gasteiger partial charge < -0.3 is 4.42 Å². The molecule has 0 N–H and O–H groups in total. The van der Waals surface area contributed by atoms with E-state index < -0.39 is 10.0 Å². The average molecular weight is 241 g/mol. The zero-order chi connectivity index (χ0) is 11.2. The van der Waals surface area contributed by atoms with Gasteiger partial charge in [0.1, 0.15) is 11.2 Å². The maximum atomic E-state index is 12.1. The molecule has 2 heterocycles. The van der Waals surface area contributed by atoms with Crippen LogP contribution in [-0.4, -0.2) is 25.8 Å². The van der Waals surface area contributed by atoms with Gasteiger partial charge in [0, 0.05) is 13.1 Å². The number of sulfonamides is 1. The van der Waals surface area contributed by atoms with Gasteiger partial charge in [-0.15, -0.1) is 0 Å². The first-order chi connectivity index (χ1) is 7.62. The first-order valence-electron chi connectivity index (χ1n) is 5.65. The first kappa shape index (κ1) is 10.4. The Bertz CT molecular complexity index is 463. The molecule has 16 heavy (non-hydrogen) atoms. The maximum Gasteiger partial charge on any atom is 0.246 e. The van der Waals surface area contributed by atoms with E-state index in [2.05, 4.69) is 0 Å². The standard InChI is InChI=1S/C11H15NO3S/c13-16(14,10-3-6-15-7-10)12-8-11(9-12)4-1-2-5-11/h3,6-7H,1-2,4-5,8-9H2. The van der Waals surface area contributed by atoms with E-state index >= 15 is 0 Å². The molecule has 1 spiro atoms. The van der Waals surface area contributed by atoms with Crippen molar-refractivity contribution in [2.24, 2.45) is 5.41 Å². The lowest BCUT2D eigenvalue weighted by Gasteiger charge is -2.46. The molecule has 0 radical (unpaired) electrons. The number of nitrogens with zero attached hydrogens (tertiary/aromatic N) is 1. The Morgan fingerprint density at radius 1 is 1.25 bits per heavy atom. The van der Waals surface area contributed by atoms with Gasteiger partial charge in [-0.25, -0.2) is 8.42 Å². The molecule has 1 aromatic heterocycles. The monoisotopic (exact) mass is 241 g/mol. The molecule has 88 valence electrons. The van der Waals surface area contributed by atoms with Crippen LogP contribution in [0.5, 0.6) is 0 Å². The summed E-state index contributed by atoms with van der Waals surface area (Å²) in [5.41, 5.74) is 0.302. The third-order valence-electron chi connectivity index (χ3n) is 3.82. The number of furan rings is 1. The molecule has 2 aliphatic rings. The van der Waals surface area contributed by atoms with E-state index in [0.717, 1.165) is 0 Å². The van der Waals surface area contributed by atoms with Crippen LogP contribution in [0, 0.1) is 5.41 Å². The van der Waals surface area contributed by atoms with Crippen molar-refractivity contribution in [3.8, 4) is 0 Å². The van der Waals surface area contributed by atoms with Gasteiger partial charge in [-0.2, -0.15) is 4.31 Å². The van der Waals surface area contributed by atoms with Crippen LogP contribution in [0.25, 0.3) is 0 Å². The van der Waals surface area contributed by atoms with Gasteiger partial charge in [0.25, 0.3) is 0 Å². The molecule has 1 aliphatic carbocycles. The van der Waals surface area contributed by atoms with Gasteiger partial charge in [-0.05, 0) is 24.3 Å². The summed E-state index contributed by atoms with van der Waals surface area (Å²) in [5.74, 6) is 0. The van der Waals surface area contributed by atoms with Gasteiger partial charge >= 0.3 is 0 Å². The Hall–Kier alpha value is -0.810. The van der Waals surface area contributed by atoms with Crippen LogP contribution in [0.2, 0.25) is 0 Å².